The number of morpholine rings is 1. The Morgan fingerprint density at radius 1 is 1.39 bits per heavy atom. The van der Waals surface area contributed by atoms with Crippen LogP contribution in [0.3, 0.4) is 0 Å². The average molecular weight is 244 g/mol. The molecule has 2 aromatic rings. The molecule has 1 aromatic heterocycles. The van der Waals surface area contributed by atoms with Gasteiger partial charge in [-0.25, -0.2) is 0 Å². The number of hydrogen-bond acceptors (Lipinski definition) is 3. The van der Waals surface area contributed by atoms with E-state index in [1.54, 1.807) is 0 Å². The van der Waals surface area contributed by atoms with E-state index in [2.05, 4.69) is 34.7 Å². The lowest BCUT2D eigenvalue weighted by Gasteiger charge is -2.40. The molecule has 0 saturated carbocycles. The second-order valence-corrected chi connectivity index (χ2v) is 5.16. The highest BCUT2D eigenvalue weighted by atomic mass is 16.5. The Morgan fingerprint density at radius 3 is 3.22 bits per heavy atom. The number of aromatic nitrogens is 1. The van der Waals surface area contributed by atoms with E-state index in [9.17, 15) is 5.11 Å². The normalized spacial score (nSPS) is 30.4. The summed E-state index contributed by atoms with van der Waals surface area (Å²) in [6.45, 7) is 0.805. The van der Waals surface area contributed by atoms with Gasteiger partial charge in [-0.05, 0) is 23.6 Å². The number of aliphatic hydroxyl groups excluding tert-OH is 1. The molecule has 4 nitrogen and oxygen atoms in total. The molecule has 4 heteroatoms. The first kappa shape index (κ1) is 10.6. The zero-order chi connectivity index (χ0) is 12.1. The maximum Gasteiger partial charge on any atom is 0.0993 e. The summed E-state index contributed by atoms with van der Waals surface area (Å²) < 4.78 is 6.03. The quantitative estimate of drug-likeness (QED) is 0.704. The highest BCUT2D eigenvalue weighted by molar-refractivity contribution is 5.88. The maximum atomic E-state index is 9.26. The van der Waals surface area contributed by atoms with Gasteiger partial charge in [-0.3, -0.25) is 0 Å². The largest absolute Gasteiger partial charge is 0.394 e. The van der Waals surface area contributed by atoms with Gasteiger partial charge in [-0.2, -0.15) is 0 Å². The number of ether oxygens (including phenoxy) is 1. The number of H-pyrrole nitrogens is 1. The predicted octanol–water partition coefficient (Wildman–Crippen LogP) is 1.11. The minimum absolute atomic E-state index is 0.0582. The lowest BCUT2D eigenvalue weighted by Crippen LogP contribution is -2.51. The molecule has 3 N–H and O–H groups in total. The molecule has 0 radical (unpaired) electrons. The summed E-state index contributed by atoms with van der Waals surface area (Å²) >= 11 is 0. The first-order chi connectivity index (χ1) is 8.86. The summed E-state index contributed by atoms with van der Waals surface area (Å²) in [5.74, 6) is 0. The fourth-order valence-electron chi connectivity index (χ4n) is 3.24. The van der Waals surface area contributed by atoms with Crippen molar-refractivity contribution in [3.63, 3.8) is 0 Å². The SMILES string of the molecule is OCC1CN[C@@H]2Cc3c[nH]c4cccc(c34)[C@H]2O1. The second kappa shape index (κ2) is 3.82. The van der Waals surface area contributed by atoms with E-state index in [1.807, 2.05) is 0 Å². The van der Waals surface area contributed by atoms with Gasteiger partial charge in [0.1, 0.15) is 0 Å². The van der Waals surface area contributed by atoms with Crippen molar-refractivity contribution in [3.8, 4) is 0 Å². The van der Waals surface area contributed by atoms with Crippen molar-refractivity contribution in [2.45, 2.75) is 24.7 Å². The Bertz CT molecular complexity index is 592. The summed E-state index contributed by atoms with van der Waals surface area (Å²) in [5.41, 5.74) is 3.78. The molecule has 1 fully saturated rings. The molecule has 0 amide bonds. The van der Waals surface area contributed by atoms with Crippen LogP contribution in [0, 0.1) is 0 Å². The van der Waals surface area contributed by atoms with Crippen molar-refractivity contribution in [1.82, 2.24) is 10.3 Å². The molecular formula is C14H16N2O2. The zero-order valence-electron chi connectivity index (χ0n) is 10.0. The van der Waals surface area contributed by atoms with E-state index in [0.717, 1.165) is 13.0 Å². The molecule has 2 heterocycles. The van der Waals surface area contributed by atoms with Gasteiger partial charge in [0.15, 0.2) is 0 Å². The molecular weight excluding hydrogens is 228 g/mol. The van der Waals surface area contributed by atoms with Crippen molar-refractivity contribution in [3.05, 3.63) is 35.5 Å². The smallest absolute Gasteiger partial charge is 0.0993 e. The first-order valence-corrected chi connectivity index (χ1v) is 6.45. The highest BCUT2D eigenvalue weighted by Crippen LogP contribution is 2.39. The van der Waals surface area contributed by atoms with Crippen molar-refractivity contribution in [2.75, 3.05) is 13.2 Å². The Morgan fingerprint density at radius 2 is 2.33 bits per heavy atom. The monoisotopic (exact) mass is 244 g/mol. The van der Waals surface area contributed by atoms with Crippen LogP contribution in [0.4, 0.5) is 0 Å². The van der Waals surface area contributed by atoms with Crippen molar-refractivity contribution < 1.29 is 9.84 Å². The van der Waals surface area contributed by atoms with Crippen molar-refractivity contribution >= 4 is 10.9 Å². The lowest BCUT2D eigenvalue weighted by molar-refractivity contribution is -0.0850. The minimum atomic E-state index is -0.0954. The Kier molecular flexibility index (Phi) is 2.24. The van der Waals surface area contributed by atoms with E-state index in [0.29, 0.717) is 6.04 Å². The molecule has 1 aliphatic carbocycles. The predicted molar refractivity (Wildman–Crippen MR) is 68.5 cm³/mol. The number of fused-ring (bicyclic) bond motifs is 2. The molecule has 0 spiro atoms. The van der Waals surface area contributed by atoms with Gasteiger partial charge in [-0.15, -0.1) is 0 Å². The van der Waals surface area contributed by atoms with Crippen molar-refractivity contribution in [1.29, 1.82) is 0 Å². The van der Waals surface area contributed by atoms with Gasteiger partial charge < -0.3 is 20.1 Å². The summed E-state index contributed by atoms with van der Waals surface area (Å²) in [6.07, 6.45) is 3.05. The molecule has 94 valence electrons. The number of rotatable bonds is 1. The maximum absolute atomic E-state index is 9.26. The van der Waals surface area contributed by atoms with Gasteiger partial charge >= 0.3 is 0 Å². The van der Waals surface area contributed by atoms with Crippen LogP contribution in [-0.2, 0) is 11.2 Å². The van der Waals surface area contributed by atoms with Gasteiger partial charge in [0, 0.05) is 29.7 Å². The van der Waals surface area contributed by atoms with Crippen LogP contribution in [0.25, 0.3) is 10.9 Å². The van der Waals surface area contributed by atoms with Crippen LogP contribution in [0.1, 0.15) is 17.2 Å². The van der Waals surface area contributed by atoms with Crippen LogP contribution in [-0.4, -0.2) is 35.4 Å². The molecule has 1 aromatic carbocycles. The lowest BCUT2D eigenvalue weighted by atomic mass is 9.85. The van der Waals surface area contributed by atoms with Gasteiger partial charge in [0.2, 0.25) is 0 Å². The van der Waals surface area contributed by atoms with Gasteiger partial charge in [0.25, 0.3) is 0 Å². The van der Waals surface area contributed by atoms with E-state index < -0.39 is 0 Å². The zero-order valence-corrected chi connectivity index (χ0v) is 10.0. The fraction of sp³-hybridized carbons (Fsp3) is 0.429. The molecule has 1 saturated heterocycles. The molecule has 1 aliphatic heterocycles. The van der Waals surface area contributed by atoms with E-state index >= 15 is 0 Å². The Balaban J connectivity index is 1.85. The molecule has 1 unspecified atom stereocenters. The fourth-order valence-corrected chi connectivity index (χ4v) is 3.24. The number of hydrogen-bond donors (Lipinski definition) is 3. The third-order valence-corrected chi connectivity index (χ3v) is 4.08. The van der Waals surface area contributed by atoms with Crippen LogP contribution in [0.15, 0.2) is 24.4 Å². The van der Waals surface area contributed by atoms with E-state index in [4.69, 9.17) is 4.74 Å². The molecule has 4 rings (SSSR count). The minimum Gasteiger partial charge on any atom is -0.394 e. The molecule has 0 bridgehead atoms. The highest BCUT2D eigenvalue weighted by Gasteiger charge is 2.36. The third-order valence-electron chi connectivity index (χ3n) is 4.08. The summed E-state index contributed by atoms with van der Waals surface area (Å²) in [7, 11) is 0. The summed E-state index contributed by atoms with van der Waals surface area (Å²) in [4.78, 5) is 3.32. The molecule has 3 atom stereocenters. The number of aromatic amines is 1. The van der Waals surface area contributed by atoms with Crippen molar-refractivity contribution in [2.24, 2.45) is 0 Å². The van der Waals surface area contributed by atoms with Crippen LogP contribution in [0.2, 0.25) is 0 Å². The Labute approximate surface area is 105 Å². The Hall–Kier alpha value is -1.36. The number of benzene rings is 1. The topological polar surface area (TPSA) is 57.3 Å². The first-order valence-electron chi connectivity index (χ1n) is 6.45. The van der Waals surface area contributed by atoms with Gasteiger partial charge in [-0.1, -0.05) is 12.1 Å². The van der Waals surface area contributed by atoms with Gasteiger partial charge in [0.05, 0.1) is 18.8 Å². The number of nitrogens with one attached hydrogen (secondary N) is 2. The van der Waals surface area contributed by atoms with E-state index in [-0.39, 0.29) is 18.8 Å². The third kappa shape index (κ3) is 1.37. The standard InChI is InChI=1S/C14H16N2O2/c17-7-9-6-16-12-4-8-5-15-11-3-1-2-10(13(8)11)14(12)18-9/h1-3,5,9,12,14-17H,4,6-7H2/t9?,12-,14-/m1/s1. The average Bonchev–Trinajstić information content (AvgIpc) is 2.83. The second-order valence-electron chi connectivity index (χ2n) is 5.16. The van der Waals surface area contributed by atoms with Crippen LogP contribution in [0.5, 0.6) is 0 Å². The summed E-state index contributed by atoms with van der Waals surface area (Å²) in [6, 6.07) is 6.62. The van der Waals surface area contributed by atoms with Crippen LogP contribution >= 0.6 is 0 Å². The van der Waals surface area contributed by atoms with E-state index in [1.165, 1.54) is 22.0 Å². The molecule has 2 aliphatic rings. The number of aliphatic hydroxyl groups is 1. The molecule has 18 heavy (non-hydrogen) atoms. The van der Waals surface area contributed by atoms with Crippen LogP contribution < -0.4 is 5.32 Å². The summed E-state index contributed by atoms with van der Waals surface area (Å²) in [5, 5.41) is 14.1.